The number of nitrogens with zero attached hydrogens (tertiary/aromatic N) is 6. The minimum Gasteiger partial charge on any atom is -0.472 e. The lowest BCUT2D eigenvalue weighted by Crippen LogP contribution is -2.65. The minimum atomic E-state index is -4.96. The molecule has 4 aliphatic heterocycles. The molecule has 2 aromatic heterocycles. The first kappa shape index (κ1) is 36.7. The van der Waals surface area contributed by atoms with Crippen LogP contribution in [-0.2, 0) is 15.7 Å². The van der Waals surface area contributed by atoms with E-state index in [0.717, 1.165) is 83.1 Å². The normalized spacial score (nSPS) is 26.0. The topological polar surface area (TPSA) is 119 Å². The summed E-state index contributed by atoms with van der Waals surface area (Å²) in [5, 5.41) is -0.558. The summed E-state index contributed by atoms with van der Waals surface area (Å²) in [6.07, 6.45) is 4.75. The van der Waals surface area contributed by atoms with E-state index in [4.69, 9.17) is 36.5 Å². The fourth-order valence-corrected chi connectivity index (χ4v) is 9.82. The van der Waals surface area contributed by atoms with Gasteiger partial charge in [0.15, 0.2) is 5.82 Å². The zero-order chi connectivity index (χ0) is 38.2. The summed E-state index contributed by atoms with van der Waals surface area (Å²) in [5.41, 5.74) is 4.07. The maximum Gasteiger partial charge on any atom is 0.418 e. The van der Waals surface area contributed by atoms with Crippen LogP contribution in [0.3, 0.4) is 0 Å². The van der Waals surface area contributed by atoms with Crippen molar-refractivity contribution in [3.05, 3.63) is 40.2 Å². The van der Waals surface area contributed by atoms with Gasteiger partial charge in [0, 0.05) is 48.9 Å². The number of ether oxygens (including phenoxy) is 3. The molecule has 11 nitrogen and oxygen atoms in total. The first-order valence-electron chi connectivity index (χ1n) is 19.3. The number of piperazine rings is 1. The van der Waals surface area contributed by atoms with Gasteiger partial charge in [-0.3, -0.25) is 9.69 Å². The van der Waals surface area contributed by atoms with Crippen molar-refractivity contribution in [3.8, 4) is 23.1 Å². The van der Waals surface area contributed by atoms with Crippen molar-refractivity contribution in [2.45, 2.75) is 95.1 Å². The number of allylic oxidation sites excluding steroid dienone is 1. The molecule has 3 aromatic rings. The number of carbonyl (C=O) groups is 1. The first-order chi connectivity index (χ1) is 26.4. The van der Waals surface area contributed by atoms with Crippen molar-refractivity contribution < 1.29 is 36.6 Å². The fraction of sp³-hybridized carbons (Fsp3) is 0.590. The molecule has 3 saturated heterocycles. The van der Waals surface area contributed by atoms with Crippen molar-refractivity contribution in [2.24, 2.45) is 5.41 Å². The highest BCUT2D eigenvalue weighted by atomic mass is 35.5. The van der Waals surface area contributed by atoms with Gasteiger partial charge in [-0.05, 0) is 70.4 Å². The Morgan fingerprint density at radius 1 is 1.11 bits per heavy atom. The van der Waals surface area contributed by atoms with Crippen LogP contribution in [0, 0.1) is 11.2 Å². The second kappa shape index (κ2) is 13.9. The van der Waals surface area contributed by atoms with Crippen molar-refractivity contribution in [1.82, 2.24) is 24.8 Å². The van der Waals surface area contributed by atoms with Gasteiger partial charge in [-0.25, -0.2) is 9.37 Å². The van der Waals surface area contributed by atoms with E-state index in [1.807, 2.05) is 17.9 Å². The minimum absolute atomic E-state index is 0.0189. The molecule has 6 aliphatic rings. The largest absolute Gasteiger partial charge is 0.472 e. The van der Waals surface area contributed by atoms with Gasteiger partial charge in [0.2, 0.25) is 11.8 Å². The maximum atomic E-state index is 17.1. The summed E-state index contributed by atoms with van der Waals surface area (Å²) in [4.78, 5) is 34.2. The number of alkyl halides is 3. The molecule has 2 aliphatic carbocycles. The molecule has 0 unspecified atom stereocenters. The van der Waals surface area contributed by atoms with Gasteiger partial charge in [-0.1, -0.05) is 23.6 Å². The Morgan fingerprint density at radius 3 is 2.60 bits per heavy atom. The summed E-state index contributed by atoms with van der Waals surface area (Å²) in [6.45, 7) is 6.30. The number of pyridine rings is 1. The van der Waals surface area contributed by atoms with Gasteiger partial charge < -0.3 is 29.7 Å². The Labute approximate surface area is 321 Å². The van der Waals surface area contributed by atoms with Gasteiger partial charge in [-0.2, -0.15) is 23.1 Å². The summed E-state index contributed by atoms with van der Waals surface area (Å²) >= 11 is 6.12. The summed E-state index contributed by atoms with van der Waals surface area (Å²) in [7, 11) is 0. The molecular formula is C39H44ClF4N7O4. The van der Waals surface area contributed by atoms with Crippen LogP contribution >= 0.6 is 11.6 Å². The van der Waals surface area contributed by atoms with E-state index in [9.17, 15) is 18.0 Å². The maximum absolute atomic E-state index is 17.1. The van der Waals surface area contributed by atoms with Gasteiger partial charge >= 0.3 is 12.2 Å². The predicted octanol–water partition coefficient (Wildman–Crippen LogP) is 6.80. The number of aromatic nitrogens is 3. The molecule has 2 saturated carbocycles. The number of morpholine rings is 1. The van der Waals surface area contributed by atoms with Crippen molar-refractivity contribution in [1.29, 1.82) is 0 Å². The Hall–Kier alpha value is -3.95. The molecule has 55 heavy (non-hydrogen) atoms. The highest BCUT2D eigenvalue weighted by molar-refractivity contribution is 6.32. The lowest BCUT2D eigenvalue weighted by Gasteiger charge is -2.48. The van der Waals surface area contributed by atoms with Gasteiger partial charge in [0.25, 0.3) is 0 Å². The number of benzene rings is 1. The van der Waals surface area contributed by atoms with E-state index >= 15 is 4.39 Å². The highest BCUT2D eigenvalue weighted by Crippen LogP contribution is 2.50. The molecule has 0 spiro atoms. The average molecular weight is 786 g/mol. The number of fused-ring (bicyclic) bond motifs is 5. The zero-order valence-corrected chi connectivity index (χ0v) is 31.4. The molecule has 4 atom stereocenters. The third-order valence-electron chi connectivity index (χ3n) is 12.3. The summed E-state index contributed by atoms with van der Waals surface area (Å²) in [6, 6.07) is 1.06. The van der Waals surface area contributed by atoms with Crippen LogP contribution in [0.4, 0.5) is 29.1 Å². The number of nitrogen functional groups attached to an aromatic ring is 1. The van der Waals surface area contributed by atoms with Crippen LogP contribution in [0.5, 0.6) is 11.9 Å². The van der Waals surface area contributed by atoms with Crippen LogP contribution in [0.2, 0.25) is 5.02 Å². The predicted molar refractivity (Wildman–Crippen MR) is 198 cm³/mol. The second-order valence-electron chi connectivity index (χ2n) is 16.1. The molecule has 294 valence electrons. The van der Waals surface area contributed by atoms with E-state index in [1.165, 1.54) is 12.0 Å². The highest BCUT2D eigenvalue weighted by Gasteiger charge is 2.53. The van der Waals surface area contributed by atoms with E-state index < -0.39 is 46.0 Å². The van der Waals surface area contributed by atoms with Crippen LogP contribution in [0.15, 0.2) is 23.8 Å². The number of amides is 1. The number of hydrogen-bond acceptors (Lipinski definition) is 10. The molecule has 2 bridgehead atoms. The molecule has 0 radical (unpaired) electrons. The van der Waals surface area contributed by atoms with Gasteiger partial charge in [0.1, 0.15) is 28.5 Å². The van der Waals surface area contributed by atoms with Crippen molar-refractivity contribution in [2.75, 3.05) is 56.6 Å². The number of carbonyl (C=O) groups excluding carboxylic acids is 1. The molecule has 6 heterocycles. The number of halogens is 5. The first-order valence-corrected chi connectivity index (χ1v) is 19.7. The second-order valence-corrected chi connectivity index (χ2v) is 16.5. The third kappa shape index (κ3) is 6.73. The number of anilines is 2. The summed E-state index contributed by atoms with van der Waals surface area (Å²) in [5.74, 6) is -0.934. The lowest BCUT2D eigenvalue weighted by molar-refractivity contribution is -0.137. The van der Waals surface area contributed by atoms with E-state index in [-0.39, 0.29) is 58.5 Å². The standard InChI is InChI=1S/C39H44ClF4N7O4/c1-21-34-27-8-7-24(51(27)28(52)15-22-5-3-2-4-6-22)18-50(34)35-29-33(47-37(48-35)54-20-38(9-10-38)19-49-11-13-53-14-12-49)31(41)32(46-36(29)55-21)25-16-23(45)17-26(40)30(25)39(42,43)44/h15-17,21,24,27,34H,2-14,18-20,45H2,1H3/t21-,24+,27-,34+/m0/s1. The number of rotatable bonds is 7. The SMILES string of the molecule is C[C@@H]1Oc2nc(-c3cc(N)cc(Cl)c3C(F)(F)F)c(F)c3nc(OCC4(CN5CCOCC5)CC4)nc(c23)N2C[C@H]3CC[C@@H]([C@@H]12)N3C(=O)C=C1CCCCC1. The quantitative estimate of drug-likeness (QED) is 0.156. The van der Waals surface area contributed by atoms with Crippen LogP contribution < -0.4 is 20.1 Å². The monoisotopic (exact) mass is 785 g/mol. The van der Waals surface area contributed by atoms with Crippen molar-refractivity contribution in [3.63, 3.8) is 0 Å². The fourth-order valence-electron chi connectivity index (χ4n) is 9.48. The Balaban J connectivity index is 1.15. The molecule has 2 N–H and O–H groups in total. The Morgan fingerprint density at radius 2 is 1.87 bits per heavy atom. The van der Waals surface area contributed by atoms with Crippen LogP contribution in [0.1, 0.15) is 70.3 Å². The van der Waals surface area contributed by atoms with Gasteiger partial charge in [0.05, 0.1) is 48.5 Å². The van der Waals surface area contributed by atoms with E-state index in [0.29, 0.717) is 25.6 Å². The molecular weight excluding hydrogens is 742 g/mol. The molecule has 5 fully saturated rings. The Kier molecular flexibility index (Phi) is 9.27. The van der Waals surface area contributed by atoms with E-state index in [1.54, 1.807) is 0 Å². The molecule has 1 amide bonds. The lowest BCUT2D eigenvalue weighted by atomic mass is 9.93. The molecule has 9 rings (SSSR count). The number of nitrogens with two attached hydrogens (primary N) is 1. The van der Waals surface area contributed by atoms with E-state index in [2.05, 4.69) is 19.8 Å². The smallest absolute Gasteiger partial charge is 0.418 e. The van der Waals surface area contributed by atoms with Gasteiger partial charge in [-0.15, -0.1) is 0 Å². The van der Waals surface area contributed by atoms with Crippen molar-refractivity contribution >= 4 is 39.9 Å². The molecule has 1 aromatic carbocycles. The molecule has 16 heteroatoms. The van der Waals surface area contributed by atoms with Crippen LogP contribution in [0.25, 0.3) is 22.2 Å². The zero-order valence-electron chi connectivity index (χ0n) is 30.6. The van der Waals surface area contributed by atoms with Crippen LogP contribution in [-0.4, -0.2) is 101 Å². The third-order valence-corrected chi connectivity index (χ3v) is 12.6. The number of hydrogen-bond donors (Lipinski definition) is 1. The Bertz CT molecular complexity index is 2050. The average Bonchev–Trinajstić information content (AvgIpc) is 3.86. The summed E-state index contributed by atoms with van der Waals surface area (Å²) < 4.78 is 79.1.